The smallest absolute Gasteiger partial charge is 0.130 e. The summed E-state index contributed by atoms with van der Waals surface area (Å²) in [4.78, 5) is 12.3. The van der Waals surface area contributed by atoms with Crippen molar-refractivity contribution in [3.8, 4) is 22.5 Å². The molecule has 4 aromatic heterocycles. The van der Waals surface area contributed by atoms with Crippen molar-refractivity contribution in [3.05, 3.63) is 60.6 Å². The van der Waals surface area contributed by atoms with Gasteiger partial charge in [0.15, 0.2) is 0 Å². The minimum atomic E-state index is 0.251. The summed E-state index contributed by atoms with van der Waals surface area (Å²) < 4.78 is 7.84. The summed E-state index contributed by atoms with van der Waals surface area (Å²) in [6.45, 7) is 6.51. The van der Waals surface area contributed by atoms with Crippen molar-refractivity contribution in [3.63, 3.8) is 0 Å². The number of benzene rings is 1. The van der Waals surface area contributed by atoms with Gasteiger partial charge in [0.25, 0.3) is 0 Å². The highest BCUT2D eigenvalue weighted by Gasteiger charge is 2.24. The Balaban J connectivity index is 1.66. The van der Waals surface area contributed by atoms with Gasteiger partial charge in [0.05, 0.1) is 24.9 Å². The van der Waals surface area contributed by atoms with Crippen LogP contribution in [0.25, 0.3) is 44.3 Å². The molecular weight excluding hydrogens is 412 g/mol. The van der Waals surface area contributed by atoms with E-state index < -0.39 is 0 Å². The third-order valence-corrected chi connectivity index (χ3v) is 6.63. The molecule has 1 aliphatic rings. The number of aromatic nitrogens is 5. The zero-order chi connectivity index (χ0) is 22.5. The fourth-order valence-corrected chi connectivity index (χ4v) is 4.87. The number of ether oxygens (including phenoxy) is 1. The lowest BCUT2D eigenvalue weighted by Crippen LogP contribution is -2.44. The molecule has 5 heterocycles. The van der Waals surface area contributed by atoms with E-state index in [4.69, 9.17) is 14.7 Å². The topological polar surface area (TPSA) is 71.9 Å². The minimum Gasteiger partial charge on any atom is -0.377 e. The van der Waals surface area contributed by atoms with Gasteiger partial charge in [-0.25, -0.2) is 4.98 Å². The summed E-state index contributed by atoms with van der Waals surface area (Å²) in [5.74, 6) is 0.953. The molecular formula is C26H26N6O. The van der Waals surface area contributed by atoms with Crippen LogP contribution in [0.5, 0.6) is 0 Å². The molecule has 166 valence electrons. The lowest BCUT2D eigenvalue weighted by molar-refractivity contribution is 0.0986. The molecule has 1 aromatic carbocycles. The number of morpholine rings is 1. The summed E-state index contributed by atoms with van der Waals surface area (Å²) >= 11 is 0. The average Bonchev–Trinajstić information content (AvgIpc) is 3.49. The van der Waals surface area contributed by atoms with E-state index in [1.54, 1.807) is 6.20 Å². The van der Waals surface area contributed by atoms with Crippen LogP contribution in [0.15, 0.2) is 55.0 Å². The fraction of sp³-hybridized carbons (Fsp3) is 0.269. The number of H-pyrrole nitrogens is 1. The van der Waals surface area contributed by atoms with Crippen LogP contribution < -0.4 is 4.90 Å². The molecule has 0 spiro atoms. The predicted molar refractivity (Wildman–Crippen MR) is 131 cm³/mol. The zero-order valence-corrected chi connectivity index (χ0v) is 19.0. The average molecular weight is 439 g/mol. The first-order valence-corrected chi connectivity index (χ1v) is 11.3. The number of aryl methyl sites for hydroxylation is 2. The lowest BCUT2D eigenvalue weighted by atomic mass is 9.96. The Morgan fingerprint density at radius 1 is 1.15 bits per heavy atom. The Morgan fingerprint density at radius 3 is 2.88 bits per heavy atom. The van der Waals surface area contributed by atoms with Crippen LogP contribution in [0.1, 0.15) is 12.5 Å². The van der Waals surface area contributed by atoms with Crippen LogP contribution in [0, 0.1) is 6.92 Å². The predicted octanol–water partition coefficient (Wildman–Crippen LogP) is 4.71. The van der Waals surface area contributed by atoms with Crippen LogP contribution in [0.2, 0.25) is 0 Å². The zero-order valence-electron chi connectivity index (χ0n) is 19.0. The number of fused-ring (bicyclic) bond motifs is 2. The first-order chi connectivity index (χ1) is 16.1. The Labute approximate surface area is 192 Å². The van der Waals surface area contributed by atoms with Crippen LogP contribution >= 0.6 is 0 Å². The maximum Gasteiger partial charge on any atom is 0.130 e. The first kappa shape index (κ1) is 19.9. The highest BCUT2D eigenvalue weighted by molar-refractivity contribution is 6.04. The van der Waals surface area contributed by atoms with Crippen LogP contribution in [-0.4, -0.2) is 50.5 Å². The van der Waals surface area contributed by atoms with Crippen molar-refractivity contribution < 1.29 is 4.74 Å². The maximum absolute atomic E-state index is 5.69. The molecule has 0 unspecified atom stereocenters. The van der Waals surface area contributed by atoms with Crippen LogP contribution in [0.3, 0.4) is 0 Å². The Bertz CT molecular complexity index is 1470. The van der Waals surface area contributed by atoms with Gasteiger partial charge in [0.2, 0.25) is 0 Å². The van der Waals surface area contributed by atoms with E-state index in [1.165, 1.54) is 22.0 Å². The molecule has 1 fully saturated rings. The number of nitrogens with zero attached hydrogens (tertiary/aromatic N) is 5. The van der Waals surface area contributed by atoms with E-state index in [1.807, 2.05) is 12.3 Å². The van der Waals surface area contributed by atoms with Crippen molar-refractivity contribution in [2.75, 3.05) is 24.7 Å². The van der Waals surface area contributed by atoms with Crippen molar-refractivity contribution in [1.82, 2.24) is 24.7 Å². The van der Waals surface area contributed by atoms with Gasteiger partial charge in [-0.05, 0) is 60.9 Å². The molecule has 0 aliphatic carbocycles. The third kappa shape index (κ3) is 3.27. The van der Waals surface area contributed by atoms with Crippen molar-refractivity contribution in [2.24, 2.45) is 7.05 Å². The minimum absolute atomic E-state index is 0.251. The Morgan fingerprint density at radius 2 is 2.06 bits per heavy atom. The molecule has 1 saturated heterocycles. The van der Waals surface area contributed by atoms with E-state index in [-0.39, 0.29) is 6.04 Å². The molecule has 0 bridgehead atoms. The standard InChI is InChI=1S/C26H26N6O/c1-16-14-27-25(21-6-8-28-30-21)26-24(16)20(13-23(29-26)32-10-11-33-15-17(32)2)18-4-5-22-19(12-18)7-9-31(22)3/h4-9,12-14,17H,10-11,15H2,1-3H3,(H,28,30)/t17-/m1/s1. The van der Waals surface area contributed by atoms with Gasteiger partial charge in [-0.1, -0.05) is 6.07 Å². The number of pyridine rings is 2. The van der Waals surface area contributed by atoms with Crippen molar-refractivity contribution in [2.45, 2.75) is 19.9 Å². The maximum atomic E-state index is 5.69. The summed E-state index contributed by atoms with van der Waals surface area (Å²) in [7, 11) is 2.08. The quantitative estimate of drug-likeness (QED) is 0.442. The summed E-state index contributed by atoms with van der Waals surface area (Å²) in [6.07, 6.45) is 5.79. The van der Waals surface area contributed by atoms with Gasteiger partial charge in [0.1, 0.15) is 17.0 Å². The molecule has 7 heteroatoms. The summed E-state index contributed by atoms with van der Waals surface area (Å²) in [5, 5.41) is 9.56. The highest BCUT2D eigenvalue weighted by Crippen LogP contribution is 2.38. The summed E-state index contributed by atoms with van der Waals surface area (Å²) in [6, 6.07) is 13.3. The van der Waals surface area contributed by atoms with E-state index in [2.05, 4.69) is 77.1 Å². The number of aromatic amines is 1. The molecule has 0 amide bonds. The summed E-state index contributed by atoms with van der Waals surface area (Å²) in [5.41, 5.74) is 7.23. The van der Waals surface area contributed by atoms with Gasteiger partial charge in [0, 0.05) is 48.5 Å². The number of anilines is 1. The lowest BCUT2D eigenvalue weighted by Gasteiger charge is -2.34. The monoisotopic (exact) mass is 438 g/mol. The van der Waals surface area contributed by atoms with Crippen molar-refractivity contribution >= 4 is 27.6 Å². The second-order valence-electron chi connectivity index (χ2n) is 8.83. The van der Waals surface area contributed by atoms with E-state index >= 15 is 0 Å². The normalized spacial score (nSPS) is 16.7. The second-order valence-corrected chi connectivity index (χ2v) is 8.83. The molecule has 33 heavy (non-hydrogen) atoms. The number of rotatable bonds is 3. The number of hydrogen-bond acceptors (Lipinski definition) is 5. The van der Waals surface area contributed by atoms with E-state index in [0.717, 1.165) is 40.2 Å². The number of hydrogen-bond donors (Lipinski definition) is 1. The van der Waals surface area contributed by atoms with Gasteiger partial charge >= 0.3 is 0 Å². The highest BCUT2D eigenvalue weighted by atomic mass is 16.5. The molecule has 0 saturated carbocycles. The van der Waals surface area contributed by atoms with E-state index in [9.17, 15) is 0 Å². The van der Waals surface area contributed by atoms with Crippen molar-refractivity contribution in [1.29, 1.82) is 0 Å². The first-order valence-electron chi connectivity index (χ1n) is 11.3. The van der Waals surface area contributed by atoms with Gasteiger partial charge in [-0.15, -0.1) is 0 Å². The molecule has 7 nitrogen and oxygen atoms in total. The second kappa shape index (κ2) is 7.71. The number of nitrogens with one attached hydrogen (secondary N) is 1. The fourth-order valence-electron chi connectivity index (χ4n) is 4.87. The van der Waals surface area contributed by atoms with Gasteiger partial charge in [-0.3, -0.25) is 10.1 Å². The van der Waals surface area contributed by atoms with Crippen LogP contribution in [-0.2, 0) is 11.8 Å². The van der Waals surface area contributed by atoms with Gasteiger partial charge in [-0.2, -0.15) is 5.10 Å². The third-order valence-electron chi connectivity index (χ3n) is 6.63. The Hall–Kier alpha value is -3.71. The van der Waals surface area contributed by atoms with Crippen LogP contribution in [0.4, 0.5) is 5.82 Å². The molecule has 5 aromatic rings. The SMILES string of the molecule is Cc1cnc(-c2ccn[nH]2)c2nc(N3CCOC[C@H]3C)cc(-c3ccc4c(ccn4C)c3)c12. The molecule has 1 N–H and O–H groups in total. The molecule has 1 atom stereocenters. The largest absolute Gasteiger partial charge is 0.377 e. The molecule has 6 rings (SSSR count). The van der Waals surface area contributed by atoms with E-state index in [0.29, 0.717) is 13.2 Å². The Kier molecular flexibility index (Phi) is 4.66. The molecule has 0 radical (unpaired) electrons. The van der Waals surface area contributed by atoms with Gasteiger partial charge < -0.3 is 14.2 Å². The molecule has 1 aliphatic heterocycles.